The molecule has 0 fully saturated rings. The van der Waals surface area contributed by atoms with Crippen LogP contribution < -0.4 is 0 Å². The molecular formula is C114H64N8O5S. The minimum Gasteiger partial charge on any atom is -0.456 e. The maximum Gasteiger partial charge on any atom is 0.178 e. The Balaban J connectivity index is 0.000000132. The van der Waals surface area contributed by atoms with Crippen molar-refractivity contribution in [1.82, 2.24) is 39.0 Å². The highest BCUT2D eigenvalue weighted by molar-refractivity contribution is 7.25. The molecule has 0 N–H and O–H groups in total. The monoisotopic (exact) mass is 1660 g/mol. The van der Waals surface area contributed by atoms with Gasteiger partial charge in [-0.25, -0.2) is 29.9 Å². The Hall–Kier alpha value is -17.2. The lowest BCUT2D eigenvalue weighted by molar-refractivity contribution is 0.634. The van der Waals surface area contributed by atoms with Crippen molar-refractivity contribution in [2.75, 3.05) is 0 Å². The molecule has 0 amide bonds. The van der Waals surface area contributed by atoms with Crippen molar-refractivity contribution in [3.8, 4) is 102 Å². The Kier molecular flexibility index (Phi) is 15.7. The summed E-state index contributed by atoms with van der Waals surface area (Å²) in [5, 5.41) is 17.5. The minimum atomic E-state index is 0.597. The molecule has 10 heterocycles. The van der Waals surface area contributed by atoms with E-state index in [-0.39, 0.29) is 0 Å². The fraction of sp³-hybridized carbons (Fsp3) is 0. The van der Waals surface area contributed by atoms with Crippen molar-refractivity contribution < 1.29 is 22.1 Å². The summed E-state index contributed by atoms with van der Waals surface area (Å²) in [7, 11) is 0. The van der Waals surface area contributed by atoms with Crippen LogP contribution in [0.1, 0.15) is 0 Å². The molecule has 0 unspecified atom stereocenters. The number of hydrogen-bond acceptors (Lipinski definition) is 12. The average molecular weight is 1660 g/mol. The van der Waals surface area contributed by atoms with Crippen LogP contribution in [-0.2, 0) is 0 Å². The molecule has 596 valence electrons. The molecule has 18 aromatic carbocycles. The largest absolute Gasteiger partial charge is 0.456 e. The predicted molar refractivity (Wildman–Crippen MR) is 521 cm³/mol. The van der Waals surface area contributed by atoms with Gasteiger partial charge in [-0.05, 0) is 157 Å². The van der Waals surface area contributed by atoms with Crippen LogP contribution in [0.4, 0.5) is 0 Å². The third kappa shape index (κ3) is 11.3. The summed E-state index contributed by atoms with van der Waals surface area (Å²) in [6.07, 6.45) is 0. The van der Waals surface area contributed by atoms with Crippen molar-refractivity contribution >= 4 is 185 Å². The fourth-order valence-electron chi connectivity index (χ4n) is 19.3. The molecule has 0 atom stereocenters. The lowest BCUT2D eigenvalue weighted by Gasteiger charge is -2.10. The third-order valence-electron chi connectivity index (χ3n) is 25.3. The van der Waals surface area contributed by atoms with Gasteiger partial charge in [-0.3, -0.25) is 0 Å². The first-order valence-corrected chi connectivity index (χ1v) is 43.5. The lowest BCUT2D eigenvalue weighted by atomic mass is 10.00. The van der Waals surface area contributed by atoms with Crippen LogP contribution in [0, 0.1) is 0 Å². The SMILES string of the molecule is c1ccc(-c2nc(-c3ccccc3)nc(-c3ccc4oc5ccc(-n6c7ccccc7c7cc(-c8cccc9c8oc8c9ccc9c%10ccccc%10oc98)ccc76)cc5c4c3)n2)cc1.c1ccc(-c2nc(-c3ccccc3)nc(-c3ccc4sc5ccc(-n6c7ccccc7c7cc(-c8cccc9c8oc8c9ccc9c%10ccccc%10oc98)ccc76)cc5c4c3)n2)cc1. The Labute approximate surface area is 731 Å². The van der Waals surface area contributed by atoms with E-state index < -0.39 is 0 Å². The van der Waals surface area contributed by atoms with Gasteiger partial charge < -0.3 is 31.2 Å². The van der Waals surface area contributed by atoms with E-state index in [1.165, 1.54) is 30.9 Å². The zero-order valence-corrected chi connectivity index (χ0v) is 68.8. The summed E-state index contributed by atoms with van der Waals surface area (Å²) in [5.41, 5.74) is 24.6. The molecule has 0 spiro atoms. The number of aromatic nitrogens is 8. The quantitative estimate of drug-likeness (QED) is 0.129. The van der Waals surface area contributed by atoms with Crippen LogP contribution in [0.15, 0.2) is 410 Å². The predicted octanol–water partition coefficient (Wildman–Crippen LogP) is 31.1. The number of fused-ring (bicyclic) bond motifs is 26. The van der Waals surface area contributed by atoms with Gasteiger partial charge in [0.15, 0.2) is 57.3 Å². The van der Waals surface area contributed by atoms with Gasteiger partial charge in [-0.2, -0.15) is 0 Å². The number of benzene rings is 18. The standard InChI is InChI=1S/C57H32N4O3.C57H32N4O2S/c1-3-12-33(13-4-1)55-58-56(34-14-5-2-6-15-34)60-57(59-55)36-23-28-50-45(31-36)46-32-37(24-29-51(46)62-50)61-47-20-9-7-16-39(47)44-30-35(22-27-48(44)61)38-18-11-19-41-43-26-25-42-40-17-8-10-21-49(40)63-53(42)54(43)64-52(38)41;1-3-12-33(13-4-1)55-58-56(34-14-5-2-6-15-34)60-57(59-55)36-23-28-50-45(31-36)46-32-37(24-29-51(46)64-50)61-47-20-9-7-16-39(47)44-30-35(22-27-48(44)61)38-18-11-19-41-43-26-25-42-40-17-8-10-21-49(40)62-53(42)54(43)63-52(38)41/h2*1-32H. The number of thiophene rings is 1. The van der Waals surface area contributed by atoms with Gasteiger partial charge in [-0.15, -0.1) is 11.3 Å². The lowest BCUT2D eigenvalue weighted by Crippen LogP contribution is -2.00. The number of nitrogens with zero attached hydrogens (tertiary/aromatic N) is 8. The van der Waals surface area contributed by atoms with E-state index in [2.05, 4.69) is 228 Å². The summed E-state index contributed by atoms with van der Waals surface area (Å²) >= 11 is 1.80. The summed E-state index contributed by atoms with van der Waals surface area (Å²) < 4.78 is 40.0. The molecule has 0 saturated heterocycles. The van der Waals surface area contributed by atoms with Crippen molar-refractivity contribution in [2.24, 2.45) is 0 Å². The summed E-state index contributed by atoms with van der Waals surface area (Å²) in [6, 6.07) is 135. The number of hydrogen-bond donors (Lipinski definition) is 0. The van der Waals surface area contributed by atoms with E-state index in [0.29, 0.717) is 34.9 Å². The zero-order valence-electron chi connectivity index (χ0n) is 68.0. The van der Waals surface area contributed by atoms with Gasteiger partial charge in [0.25, 0.3) is 0 Å². The van der Waals surface area contributed by atoms with E-state index in [1.54, 1.807) is 11.3 Å². The molecule has 0 radical (unpaired) electrons. The Morgan fingerprint density at radius 3 is 0.945 bits per heavy atom. The van der Waals surface area contributed by atoms with Crippen LogP contribution in [0.5, 0.6) is 0 Å². The van der Waals surface area contributed by atoms with Gasteiger partial charge in [0.1, 0.15) is 33.5 Å². The summed E-state index contributed by atoms with van der Waals surface area (Å²) in [4.78, 5) is 29.9. The topological polar surface area (TPSA) is 153 Å². The normalized spacial score (nSPS) is 12.1. The van der Waals surface area contributed by atoms with E-state index in [1.807, 2.05) is 170 Å². The minimum absolute atomic E-state index is 0.597. The first-order valence-electron chi connectivity index (χ1n) is 42.7. The van der Waals surface area contributed by atoms with Crippen molar-refractivity contribution in [2.45, 2.75) is 0 Å². The van der Waals surface area contributed by atoms with Gasteiger partial charge in [0.2, 0.25) is 0 Å². The summed E-state index contributed by atoms with van der Waals surface area (Å²) in [5.74, 6) is 3.78. The van der Waals surface area contributed by atoms with Crippen molar-refractivity contribution in [3.05, 3.63) is 388 Å². The Morgan fingerprint density at radius 1 is 0.172 bits per heavy atom. The molecule has 28 rings (SSSR count). The second-order valence-corrected chi connectivity index (χ2v) is 33.7. The molecule has 28 aromatic rings. The van der Waals surface area contributed by atoms with E-state index >= 15 is 0 Å². The maximum absolute atomic E-state index is 6.80. The number of rotatable bonds is 10. The van der Waals surface area contributed by atoms with Gasteiger partial charge in [0.05, 0.1) is 22.1 Å². The van der Waals surface area contributed by atoms with E-state index in [4.69, 9.17) is 52.0 Å². The van der Waals surface area contributed by atoms with Crippen LogP contribution >= 0.6 is 11.3 Å². The number of furan rings is 5. The molecule has 13 nitrogen and oxygen atoms in total. The highest BCUT2D eigenvalue weighted by Gasteiger charge is 2.26. The fourth-order valence-corrected chi connectivity index (χ4v) is 20.4. The molecule has 0 aliphatic rings. The first-order chi connectivity index (χ1) is 63.4. The van der Waals surface area contributed by atoms with Crippen LogP contribution in [0.25, 0.3) is 275 Å². The van der Waals surface area contributed by atoms with E-state index in [0.717, 1.165) is 210 Å². The second-order valence-electron chi connectivity index (χ2n) is 32.6. The third-order valence-corrected chi connectivity index (χ3v) is 26.5. The van der Waals surface area contributed by atoms with Gasteiger partial charge in [-0.1, -0.05) is 243 Å². The summed E-state index contributed by atoms with van der Waals surface area (Å²) in [6.45, 7) is 0. The van der Waals surface area contributed by atoms with Gasteiger partial charge in [0, 0.05) is 151 Å². The Bertz CT molecular complexity index is 8830. The maximum atomic E-state index is 6.80. The highest BCUT2D eigenvalue weighted by Crippen LogP contribution is 2.48. The van der Waals surface area contributed by atoms with Gasteiger partial charge >= 0.3 is 0 Å². The number of para-hydroxylation sites is 6. The molecule has 10 aromatic heterocycles. The molecule has 14 heteroatoms. The molecule has 0 aliphatic carbocycles. The molecule has 0 saturated carbocycles. The molecular weight excluding hydrogens is 1590 g/mol. The molecule has 0 bridgehead atoms. The van der Waals surface area contributed by atoms with Crippen molar-refractivity contribution in [3.63, 3.8) is 0 Å². The van der Waals surface area contributed by atoms with Crippen LogP contribution in [0.3, 0.4) is 0 Å². The van der Waals surface area contributed by atoms with Crippen LogP contribution in [0.2, 0.25) is 0 Å². The second kappa shape index (κ2) is 28.2. The van der Waals surface area contributed by atoms with Crippen LogP contribution in [-0.4, -0.2) is 39.0 Å². The molecule has 0 aliphatic heterocycles. The molecule has 128 heavy (non-hydrogen) atoms. The zero-order chi connectivity index (χ0) is 83.8. The van der Waals surface area contributed by atoms with Crippen molar-refractivity contribution in [1.29, 1.82) is 0 Å². The smallest absolute Gasteiger partial charge is 0.178 e. The first kappa shape index (κ1) is 71.4. The van der Waals surface area contributed by atoms with E-state index in [9.17, 15) is 0 Å². The average Bonchev–Trinajstić information content (AvgIpc) is 1.58. The highest BCUT2D eigenvalue weighted by atomic mass is 32.1. The Morgan fingerprint density at radius 2 is 0.477 bits per heavy atom.